The summed E-state index contributed by atoms with van der Waals surface area (Å²) in [5, 5.41) is 11.9. The van der Waals surface area contributed by atoms with E-state index in [1.54, 1.807) is 11.3 Å². The van der Waals surface area contributed by atoms with Crippen molar-refractivity contribution in [1.82, 2.24) is 4.90 Å². The second-order valence-corrected chi connectivity index (χ2v) is 7.94. The predicted molar refractivity (Wildman–Crippen MR) is 81.0 cm³/mol. The lowest BCUT2D eigenvalue weighted by molar-refractivity contribution is 0.0464. The molecule has 1 aromatic rings. The Hall–Kier alpha value is 0.1000. The van der Waals surface area contributed by atoms with Gasteiger partial charge in [-0.1, -0.05) is 19.3 Å². The summed E-state index contributed by atoms with van der Waals surface area (Å²) in [6.45, 7) is 2.32. The number of halogens is 1. The van der Waals surface area contributed by atoms with Gasteiger partial charge in [-0.3, -0.25) is 0 Å². The average Bonchev–Trinajstić information content (AvgIpc) is 2.75. The molecule has 2 nitrogen and oxygen atoms in total. The lowest BCUT2D eigenvalue weighted by atomic mass is 9.74. The number of nitrogens with zero attached hydrogens (tertiary/aromatic N) is 1. The molecular formula is C14H22BrNOS. The quantitative estimate of drug-likeness (QED) is 0.884. The number of thiophene rings is 1. The van der Waals surface area contributed by atoms with Gasteiger partial charge in [0, 0.05) is 25.1 Å². The Balaban J connectivity index is 1.90. The minimum absolute atomic E-state index is 0.153. The monoisotopic (exact) mass is 331 g/mol. The van der Waals surface area contributed by atoms with Crippen LogP contribution >= 0.6 is 27.3 Å². The highest BCUT2D eigenvalue weighted by Crippen LogP contribution is 2.36. The van der Waals surface area contributed by atoms with Crippen molar-refractivity contribution in [1.29, 1.82) is 0 Å². The van der Waals surface area contributed by atoms with Crippen LogP contribution in [0.3, 0.4) is 0 Å². The van der Waals surface area contributed by atoms with Gasteiger partial charge in [-0.2, -0.15) is 0 Å². The first-order valence-corrected chi connectivity index (χ1v) is 8.33. The van der Waals surface area contributed by atoms with Crippen LogP contribution in [0.25, 0.3) is 0 Å². The second kappa shape index (κ2) is 6.51. The van der Waals surface area contributed by atoms with E-state index in [0.717, 1.165) is 13.1 Å². The molecule has 0 aromatic carbocycles. The van der Waals surface area contributed by atoms with Gasteiger partial charge in [-0.15, -0.1) is 11.3 Å². The minimum atomic E-state index is 0.153. The van der Waals surface area contributed by atoms with Crippen molar-refractivity contribution in [2.45, 2.75) is 38.6 Å². The maximum atomic E-state index is 9.73. The lowest BCUT2D eigenvalue weighted by Gasteiger charge is -2.38. The summed E-state index contributed by atoms with van der Waals surface area (Å²) >= 11 is 5.24. The standard InChI is InChI=1S/C14H22BrNOS/c1-16(8-12-7-13(15)18-9-12)10-14(11-17)5-3-2-4-6-14/h7,9,17H,2-6,8,10-11H2,1H3. The molecule has 1 aliphatic rings. The van der Waals surface area contributed by atoms with E-state index in [0.29, 0.717) is 6.61 Å². The SMILES string of the molecule is CN(Cc1csc(Br)c1)CC1(CO)CCCCC1. The van der Waals surface area contributed by atoms with E-state index in [-0.39, 0.29) is 5.41 Å². The van der Waals surface area contributed by atoms with Crippen LogP contribution in [0.5, 0.6) is 0 Å². The molecule has 1 aliphatic carbocycles. The topological polar surface area (TPSA) is 23.5 Å². The summed E-state index contributed by atoms with van der Waals surface area (Å²) in [5.74, 6) is 0. The van der Waals surface area contributed by atoms with Crippen LogP contribution in [0.4, 0.5) is 0 Å². The average molecular weight is 332 g/mol. The van der Waals surface area contributed by atoms with Crippen LogP contribution in [0.1, 0.15) is 37.7 Å². The molecule has 18 heavy (non-hydrogen) atoms. The van der Waals surface area contributed by atoms with Gasteiger partial charge < -0.3 is 10.0 Å². The van der Waals surface area contributed by atoms with Crippen LogP contribution in [0.2, 0.25) is 0 Å². The van der Waals surface area contributed by atoms with Gasteiger partial charge in [0.1, 0.15) is 0 Å². The normalized spacial score (nSPS) is 19.3. The van der Waals surface area contributed by atoms with Crippen molar-refractivity contribution < 1.29 is 5.11 Å². The molecule has 4 heteroatoms. The molecule has 0 amide bonds. The van der Waals surface area contributed by atoms with Crippen molar-refractivity contribution in [3.05, 3.63) is 20.8 Å². The molecule has 0 spiro atoms. The summed E-state index contributed by atoms with van der Waals surface area (Å²) in [6.07, 6.45) is 6.25. The molecule has 0 bridgehead atoms. The van der Waals surface area contributed by atoms with E-state index < -0.39 is 0 Å². The van der Waals surface area contributed by atoms with Gasteiger partial charge in [0.25, 0.3) is 0 Å². The molecule has 2 rings (SSSR count). The molecule has 0 unspecified atom stereocenters. The Bertz CT molecular complexity index is 374. The van der Waals surface area contributed by atoms with Crippen molar-refractivity contribution in [2.75, 3.05) is 20.2 Å². The fourth-order valence-electron chi connectivity index (χ4n) is 3.04. The zero-order chi connectivity index (χ0) is 13.0. The Morgan fingerprint density at radius 1 is 1.39 bits per heavy atom. The molecule has 1 saturated carbocycles. The smallest absolute Gasteiger partial charge is 0.0701 e. The minimum Gasteiger partial charge on any atom is -0.396 e. The van der Waals surface area contributed by atoms with E-state index >= 15 is 0 Å². The number of aliphatic hydroxyl groups is 1. The van der Waals surface area contributed by atoms with Gasteiger partial charge in [-0.25, -0.2) is 0 Å². The van der Waals surface area contributed by atoms with Gasteiger partial charge in [0.15, 0.2) is 0 Å². The first-order valence-electron chi connectivity index (χ1n) is 6.66. The Labute approximate surface area is 122 Å². The first kappa shape index (κ1) is 14.5. The highest BCUT2D eigenvalue weighted by molar-refractivity contribution is 9.11. The largest absolute Gasteiger partial charge is 0.396 e. The summed E-state index contributed by atoms with van der Waals surface area (Å²) in [7, 11) is 2.16. The highest BCUT2D eigenvalue weighted by Gasteiger charge is 2.32. The maximum absolute atomic E-state index is 9.73. The van der Waals surface area contributed by atoms with E-state index in [4.69, 9.17) is 0 Å². The second-order valence-electron chi connectivity index (χ2n) is 5.65. The Morgan fingerprint density at radius 3 is 2.67 bits per heavy atom. The van der Waals surface area contributed by atoms with Crippen molar-refractivity contribution >= 4 is 27.3 Å². The third-order valence-corrected chi connectivity index (χ3v) is 5.48. The van der Waals surface area contributed by atoms with Gasteiger partial charge >= 0.3 is 0 Å². The molecule has 0 saturated heterocycles. The molecule has 1 N–H and O–H groups in total. The lowest BCUT2D eigenvalue weighted by Crippen LogP contribution is -2.39. The molecule has 102 valence electrons. The van der Waals surface area contributed by atoms with Crippen LogP contribution < -0.4 is 0 Å². The first-order chi connectivity index (χ1) is 8.63. The third kappa shape index (κ3) is 3.80. The van der Waals surface area contributed by atoms with Crippen LogP contribution in [-0.2, 0) is 6.54 Å². The van der Waals surface area contributed by atoms with Gasteiger partial charge in [0.2, 0.25) is 0 Å². The number of aliphatic hydroxyl groups excluding tert-OH is 1. The summed E-state index contributed by atoms with van der Waals surface area (Å²) in [4.78, 5) is 2.36. The zero-order valence-electron chi connectivity index (χ0n) is 11.0. The zero-order valence-corrected chi connectivity index (χ0v) is 13.4. The molecule has 0 radical (unpaired) electrons. The van der Waals surface area contributed by atoms with Crippen molar-refractivity contribution in [3.63, 3.8) is 0 Å². The van der Waals surface area contributed by atoms with Crippen molar-refractivity contribution in [3.8, 4) is 0 Å². The molecule has 1 fully saturated rings. The van der Waals surface area contributed by atoms with E-state index in [1.807, 2.05) is 0 Å². The fraction of sp³-hybridized carbons (Fsp3) is 0.714. The summed E-state index contributed by atoms with van der Waals surface area (Å²) < 4.78 is 1.19. The molecule has 1 aromatic heterocycles. The number of hydrogen-bond acceptors (Lipinski definition) is 3. The fourth-order valence-corrected chi connectivity index (χ4v) is 4.24. The highest BCUT2D eigenvalue weighted by atomic mass is 79.9. The van der Waals surface area contributed by atoms with Gasteiger partial charge in [-0.05, 0) is 52.8 Å². The molecule has 1 heterocycles. The Morgan fingerprint density at radius 2 is 2.11 bits per heavy atom. The van der Waals surface area contributed by atoms with Crippen molar-refractivity contribution in [2.24, 2.45) is 5.41 Å². The predicted octanol–water partition coefficient (Wildman–Crippen LogP) is 3.89. The number of rotatable bonds is 5. The van der Waals surface area contributed by atoms with Crippen LogP contribution in [0.15, 0.2) is 15.2 Å². The number of hydrogen-bond donors (Lipinski definition) is 1. The molecule has 0 atom stereocenters. The summed E-state index contributed by atoms with van der Waals surface area (Å²) in [5.41, 5.74) is 1.51. The van der Waals surface area contributed by atoms with E-state index in [9.17, 15) is 5.11 Å². The molecule has 0 aliphatic heterocycles. The van der Waals surface area contributed by atoms with E-state index in [2.05, 4.69) is 39.3 Å². The third-order valence-electron chi connectivity index (χ3n) is 3.93. The van der Waals surface area contributed by atoms with Crippen LogP contribution in [-0.4, -0.2) is 30.2 Å². The van der Waals surface area contributed by atoms with Gasteiger partial charge in [0.05, 0.1) is 3.79 Å². The Kier molecular flexibility index (Phi) is 5.24. The van der Waals surface area contributed by atoms with Crippen LogP contribution in [0, 0.1) is 5.41 Å². The molecular weight excluding hydrogens is 310 g/mol. The maximum Gasteiger partial charge on any atom is 0.0701 e. The van der Waals surface area contributed by atoms with E-state index in [1.165, 1.54) is 41.5 Å². The summed E-state index contributed by atoms with van der Waals surface area (Å²) in [6, 6.07) is 2.19.